The molecule has 0 radical (unpaired) electrons. The van der Waals surface area contributed by atoms with Gasteiger partial charge in [0.2, 0.25) is 0 Å². The van der Waals surface area contributed by atoms with Crippen molar-refractivity contribution in [3.8, 4) is 0 Å². The van der Waals surface area contributed by atoms with Crippen LogP contribution in [0.4, 0.5) is 0 Å². The van der Waals surface area contributed by atoms with Crippen LogP contribution < -0.4 is 0 Å². The van der Waals surface area contributed by atoms with Gasteiger partial charge in [0.15, 0.2) is 0 Å². The van der Waals surface area contributed by atoms with E-state index in [9.17, 15) is 15.0 Å². The molecule has 1 aromatic carbocycles. The van der Waals surface area contributed by atoms with E-state index in [-0.39, 0.29) is 0 Å². The molecule has 0 aliphatic carbocycles. The average molecular weight is 332 g/mol. The summed E-state index contributed by atoms with van der Waals surface area (Å²) < 4.78 is 4.08. The molecular weight excluding hydrogens is 312 g/mol. The lowest BCUT2D eigenvalue weighted by Crippen LogP contribution is -2.55. The number of aliphatic hydroxyl groups is 1. The molecule has 1 aliphatic heterocycles. The molecule has 0 bridgehead atoms. The van der Waals surface area contributed by atoms with Crippen LogP contribution in [0.5, 0.6) is 0 Å². The van der Waals surface area contributed by atoms with Crippen LogP contribution in [0.3, 0.4) is 0 Å². The number of rotatable bonds is 5. The first-order chi connectivity index (χ1) is 11.1. The largest absolute Gasteiger partial charge is 0.481 e. The smallest absolute Gasteiger partial charge is 0.312 e. The highest BCUT2D eigenvalue weighted by atomic mass is 32.1. The summed E-state index contributed by atoms with van der Waals surface area (Å²) in [6.07, 6.45) is 1.73. The number of carboxylic acid groups (broad SMARTS) is 1. The van der Waals surface area contributed by atoms with Gasteiger partial charge in [0, 0.05) is 24.7 Å². The Morgan fingerprint density at radius 2 is 2.13 bits per heavy atom. The van der Waals surface area contributed by atoms with Crippen molar-refractivity contribution in [2.24, 2.45) is 5.41 Å². The lowest BCUT2D eigenvalue weighted by Gasteiger charge is -2.42. The van der Waals surface area contributed by atoms with Crippen molar-refractivity contribution in [3.63, 3.8) is 0 Å². The van der Waals surface area contributed by atoms with Gasteiger partial charge in [-0.15, -0.1) is 0 Å². The first kappa shape index (κ1) is 16.1. The highest BCUT2D eigenvalue weighted by Crippen LogP contribution is 2.36. The van der Waals surface area contributed by atoms with Gasteiger partial charge in [-0.3, -0.25) is 9.69 Å². The first-order valence-corrected chi connectivity index (χ1v) is 8.50. The fourth-order valence-corrected chi connectivity index (χ4v) is 3.76. The Balaban J connectivity index is 1.73. The van der Waals surface area contributed by atoms with Crippen LogP contribution in [-0.4, -0.2) is 44.6 Å². The minimum atomic E-state index is -1.11. The zero-order chi connectivity index (χ0) is 16.3. The molecule has 0 spiro atoms. The lowest BCUT2D eigenvalue weighted by molar-refractivity contribution is -0.163. The molecule has 0 amide bonds. The molecule has 122 valence electrons. The van der Waals surface area contributed by atoms with Crippen molar-refractivity contribution in [3.05, 3.63) is 53.0 Å². The Hall–Kier alpha value is -1.76. The number of piperidine rings is 1. The highest BCUT2D eigenvalue weighted by Gasteiger charge is 2.48. The van der Waals surface area contributed by atoms with Crippen LogP contribution in [0.1, 0.15) is 17.5 Å². The summed E-state index contributed by atoms with van der Waals surface area (Å²) in [6, 6.07) is 9.54. The summed E-state index contributed by atoms with van der Waals surface area (Å²) in [6.45, 7) is 1.73. The van der Waals surface area contributed by atoms with Crippen LogP contribution in [0.2, 0.25) is 0 Å². The fraction of sp³-hybridized carbons (Fsp3) is 0.412. The molecule has 1 aromatic heterocycles. The van der Waals surface area contributed by atoms with Gasteiger partial charge >= 0.3 is 5.97 Å². The van der Waals surface area contributed by atoms with Crippen molar-refractivity contribution < 1.29 is 15.0 Å². The first-order valence-electron chi connectivity index (χ1n) is 7.66. The summed E-state index contributed by atoms with van der Waals surface area (Å²) >= 11 is 1.40. The molecule has 0 unspecified atom stereocenters. The number of carboxylic acids is 1. The maximum Gasteiger partial charge on any atom is 0.312 e. The third-order valence-corrected chi connectivity index (χ3v) is 5.26. The highest BCUT2D eigenvalue weighted by molar-refractivity contribution is 7.03. The minimum absolute atomic E-state index is 0.359. The van der Waals surface area contributed by atoms with Gasteiger partial charge < -0.3 is 10.2 Å². The molecule has 2 aromatic rings. The predicted molar refractivity (Wildman–Crippen MR) is 88.2 cm³/mol. The van der Waals surface area contributed by atoms with Crippen molar-refractivity contribution in [1.29, 1.82) is 0 Å². The van der Waals surface area contributed by atoms with Gasteiger partial charge in [-0.25, -0.2) is 4.37 Å². The van der Waals surface area contributed by atoms with E-state index in [4.69, 9.17) is 0 Å². The van der Waals surface area contributed by atoms with E-state index in [0.717, 1.165) is 11.1 Å². The number of β-amino-alcohol motifs (C(OH)–C–C–N with tert-alkyl or cyclic N) is 1. The second-order valence-corrected chi connectivity index (χ2v) is 6.81. The normalized spacial score (nSPS) is 25.3. The number of hydrogen-bond acceptors (Lipinski definition) is 5. The van der Waals surface area contributed by atoms with Gasteiger partial charge in [-0.2, -0.15) is 0 Å². The second-order valence-electron chi connectivity index (χ2n) is 6.16. The summed E-state index contributed by atoms with van der Waals surface area (Å²) in [5.41, 5.74) is 0.947. The van der Waals surface area contributed by atoms with E-state index < -0.39 is 17.5 Å². The number of aromatic nitrogens is 1. The van der Waals surface area contributed by atoms with Crippen LogP contribution in [-0.2, 0) is 17.8 Å². The van der Waals surface area contributed by atoms with E-state index in [2.05, 4.69) is 9.27 Å². The number of nitrogens with zero attached hydrogens (tertiary/aromatic N) is 2. The van der Waals surface area contributed by atoms with E-state index in [1.54, 1.807) is 0 Å². The second kappa shape index (κ2) is 6.78. The maximum atomic E-state index is 11.9. The van der Waals surface area contributed by atoms with Crippen LogP contribution >= 0.6 is 11.5 Å². The zero-order valence-electron chi connectivity index (χ0n) is 12.8. The molecular formula is C17H20N2O3S. The van der Waals surface area contributed by atoms with Crippen molar-refractivity contribution in [2.75, 3.05) is 13.1 Å². The summed E-state index contributed by atoms with van der Waals surface area (Å²) in [7, 11) is 0. The Morgan fingerprint density at radius 3 is 2.74 bits per heavy atom. The number of aliphatic carboxylic acids is 1. The quantitative estimate of drug-likeness (QED) is 0.876. The molecule has 2 N–H and O–H groups in total. The van der Waals surface area contributed by atoms with Crippen molar-refractivity contribution in [1.82, 2.24) is 9.27 Å². The number of hydrogen-bond donors (Lipinski definition) is 2. The lowest BCUT2D eigenvalue weighted by atomic mass is 9.71. The maximum absolute atomic E-state index is 11.9. The predicted octanol–water partition coefficient (Wildman–Crippen LogP) is 2.02. The van der Waals surface area contributed by atoms with Gasteiger partial charge in [-0.05, 0) is 42.0 Å². The van der Waals surface area contributed by atoms with E-state index in [0.29, 0.717) is 32.5 Å². The van der Waals surface area contributed by atoms with Crippen molar-refractivity contribution >= 4 is 17.5 Å². The molecule has 1 aliphatic rings. The van der Waals surface area contributed by atoms with Gasteiger partial charge in [-0.1, -0.05) is 30.3 Å². The number of likely N-dealkylation sites (tertiary alicyclic amines) is 1. The molecule has 2 heterocycles. The van der Waals surface area contributed by atoms with Gasteiger partial charge in [0.05, 0.1) is 6.10 Å². The SMILES string of the molecule is O=C(O)[C@@]1(Cc2ccccc2)CCN(Cc2cnsc2)C[C@H]1O. The Labute approximate surface area is 139 Å². The van der Waals surface area contributed by atoms with Gasteiger partial charge in [0.25, 0.3) is 0 Å². The third kappa shape index (κ3) is 3.44. The third-order valence-electron chi connectivity index (χ3n) is 4.62. The standard InChI is InChI=1S/C17H20N2O3S/c20-15-11-19(10-14-9-18-23-12-14)7-6-17(15,16(21)22)8-13-4-2-1-3-5-13/h1-5,9,12,15,20H,6-8,10-11H2,(H,21,22)/t15-,17-/m1/s1. The van der Waals surface area contributed by atoms with Gasteiger partial charge in [0.1, 0.15) is 5.41 Å². The summed E-state index contributed by atoms with van der Waals surface area (Å²) in [5, 5.41) is 22.4. The van der Waals surface area contributed by atoms with E-state index in [1.165, 1.54) is 11.5 Å². The fourth-order valence-electron chi connectivity index (χ4n) is 3.23. The van der Waals surface area contributed by atoms with E-state index in [1.807, 2.05) is 41.9 Å². The number of aliphatic hydroxyl groups excluding tert-OH is 1. The zero-order valence-corrected chi connectivity index (χ0v) is 13.6. The Morgan fingerprint density at radius 1 is 1.35 bits per heavy atom. The minimum Gasteiger partial charge on any atom is -0.481 e. The van der Waals surface area contributed by atoms with Crippen molar-refractivity contribution in [2.45, 2.75) is 25.5 Å². The molecule has 0 saturated carbocycles. The number of benzene rings is 1. The average Bonchev–Trinajstić information content (AvgIpc) is 3.04. The van der Waals surface area contributed by atoms with E-state index >= 15 is 0 Å². The van der Waals surface area contributed by atoms with Crippen LogP contribution in [0.25, 0.3) is 0 Å². The molecule has 3 rings (SSSR count). The number of carbonyl (C=O) groups is 1. The molecule has 6 heteroatoms. The molecule has 23 heavy (non-hydrogen) atoms. The van der Waals surface area contributed by atoms with Crippen LogP contribution in [0.15, 0.2) is 41.9 Å². The molecule has 2 atom stereocenters. The topological polar surface area (TPSA) is 73.7 Å². The Bertz CT molecular complexity index is 647. The van der Waals surface area contributed by atoms with Crippen LogP contribution in [0, 0.1) is 5.41 Å². The molecule has 5 nitrogen and oxygen atoms in total. The molecule has 1 saturated heterocycles. The monoisotopic (exact) mass is 332 g/mol. The summed E-state index contributed by atoms with van der Waals surface area (Å²) in [5.74, 6) is -0.911. The molecule has 1 fully saturated rings. The Kier molecular flexibility index (Phi) is 4.75. The summed E-state index contributed by atoms with van der Waals surface area (Å²) in [4.78, 5) is 14.0.